The number of benzene rings is 1. The Bertz CT molecular complexity index is 763. The van der Waals surface area contributed by atoms with Gasteiger partial charge in [0.25, 0.3) is 5.91 Å². The number of fused-ring (bicyclic) bond motifs is 1. The van der Waals surface area contributed by atoms with Crippen LogP contribution in [0, 0.1) is 11.8 Å². The van der Waals surface area contributed by atoms with Crippen molar-refractivity contribution in [1.82, 2.24) is 4.90 Å². The molecule has 4 rings (SSSR count). The predicted molar refractivity (Wildman–Crippen MR) is 119 cm³/mol. The van der Waals surface area contributed by atoms with Crippen LogP contribution < -0.4 is 4.90 Å². The number of hydrogen-bond acceptors (Lipinski definition) is 5. The number of nitrogens with zero attached hydrogens (tertiary/aromatic N) is 3. The molecule has 1 aliphatic carbocycles. The molecule has 1 N–H and O–H groups in total. The summed E-state index contributed by atoms with van der Waals surface area (Å²) in [5.74, 6) is 1.61. The molecule has 1 aromatic carbocycles. The van der Waals surface area contributed by atoms with E-state index in [4.69, 9.17) is 9.94 Å². The van der Waals surface area contributed by atoms with Gasteiger partial charge in [0, 0.05) is 30.7 Å². The van der Waals surface area contributed by atoms with E-state index < -0.39 is 0 Å². The molecule has 6 heteroatoms. The number of piperidine rings is 1. The number of rotatable bonds is 6. The van der Waals surface area contributed by atoms with Gasteiger partial charge in [-0.25, -0.2) is 0 Å². The van der Waals surface area contributed by atoms with Crippen LogP contribution in [0.25, 0.3) is 0 Å². The molecular formula is C24H35N3O3. The summed E-state index contributed by atoms with van der Waals surface area (Å²) in [4.78, 5) is 22.9. The molecule has 3 aliphatic rings. The lowest BCUT2D eigenvalue weighted by Crippen LogP contribution is -2.50. The van der Waals surface area contributed by atoms with E-state index >= 15 is 0 Å². The van der Waals surface area contributed by atoms with Crippen LogP contribution >= 0.6 is 0 Å². The maximum absolute atomic E-state index is 13.2. The second kappa shape index (κ2) is 9.48. The molecule has 0 aromatic heterocycles. The maximum atomic E-state index is 13.2. The topological polar surface area (TPSA) is 65.4 Å². The molecule has 0 radical (unpaired) electrons. The number of likely N-dealkylation sites (tertiary alicyclic amines) is 1. The number of aliphatic hydroxyl groups excluding tert-OH is 1. The summed E-state index contributed by atoms with van der Waals surface area (Å²) in [5, 5.41) is 13.0. The van der Waals surface area contributed by atoms with Crippen LogP contribution in [0.15, 0.2) is 29.4 Å². The maximum Gasteiger partial charge on any atom is 0.281 e. The van der Waals surface area contributed by atoms with Crippen molar-refractivity contribution in [2.75, 3.05) is 31.2 Å². The minimum Gasteiger partial charge on any atom is -0.393 e. The second-order valence-corrected chi connectivity index (χ2v) is 9.27. The van der Waals surface area contributed by atoms with Crippen molar-refractivity contribution in [3.05, 3.63) is 29.8 Å². The number of para-hydroxylation sites is 1. The van der Waals surface area contributed by atoms with Gasteiger partial charge in [0.15, 0.2) is 5.71 Å². The number of oxime groups is 1. The lowest BCUT2D eigenvalue weighted by atomic mass is 9.79. The molecule has 2 heterocycles. The largest absolute Gasteiger partial charge is 0.393 e. The Kier molecular flexibility index (Phi) is 6.74. The number of amides is 1. The molecule has 0 unspecified atom stereocenters. The number of aliphatic hydroxyl groups is 1. The third-order valence-corrected chi connectivity index (χ3v) is 7.24. The summed E-state index contributed by atoms with van der Waals surface area (Å²) < 4.78 is 0. The van der Waals surface area contributed by atoms with Crippen LogP contribution in [-0.2, 0) is 9.63 Å². The first-order valence-electron chi connectivity index (χ1n) is 11.6. The quantitative estimate of drug-likeness (QED) is 0.573. The minimum absolute atomic E-state index is 0.0787. The smallest absolute Gasteiger partial charge is 0.281 e. The van der Waals surface area contributed by atoms with Crippen molar-refractivity contribution >= 4 is 17.3 Å². The Balaban J connectivity index is 1.40. The number of carbonyl (C=O) groups excluding carboxylic acids is 1. The fourth-order valence-corrected chi connectivity index (χ4v) is 5.47. The van der Waals surface area contributed by atoms with E-state index in [1.807, 2.05) is 29.2 Å². The van der Waals surface area contributed by atoms with Crippen molar-refractivity contribution < 1.29 is 14.7 Å². The van der Waals surface area contributed by atoms with Gasteiger partial charge >= 0.3 is 0 Å². The van der Waals surface area contributed by atoms with E-state index in [0.717, 1.165) is 49.0 Å². The fourth-order valence-electron chi connectivity index (χ4n) is 5.47. The third kappa shape index (κ3) is 4.26. The molecule has 2 fully saturated rings. The highest BCUT2D eigenvalue weighted by Gasteiger charge is 2.40. The molecule has 1 saturated carbocycles. The van der Waals surface area contributed by atoms with Crippen LogP contribution in [0.2, 0.25) is 0 Å². The molecule has 1 saturated heterocycles. The first-order chi connectivity index (χ1) is 14.6. The number of hydrogen-bond donors (Lipinski definition) is 1. The first-order valence-corrected chi connectivity index (χ1v) is 11.6. The summed E-state index contributed by atoms with van der Waals surface area (Å²) in [6.07, 6.45) is 7.34. The predicted octanol–water partition coefficient (Wildman–Crippen LogP) is 3.43. The van der Waals surface area contributed by atoms with Gasteiger partial charge in [-0.15, -0.1) is 0 Å². The van der Waals surface area contributed by atoms with Crippen molar-refractivity contribution in [2.24, 2.45) is 17.0 Å². The van der Waals surface area contributed by atoms with Crippen LogP contribution in [0.3, 0.4) is 0 Å². The molecule has 164 valence electrons. The fraction of sp³-hybridized carbons (Fsp3) is 0.667. The monoisotopic (exact) mass is 413 g/mol. The van der Waals surface area contributed by atoms with Gasteiger partial charge in [0.05, 0.1) is 12.3 Å². The zero-order valence-corrected chi connectivity index (χ0v) is 18.3. The second-order valence-electron chi connectivity index (χ2n) is 9.27. The molecule has 0 bridgehead atoms. The van der Waals surface area contributed by atoms with Crippen LogP contribution in [-0.4, -0.2) is 60.0 Å². The van der Waals surface area contributed by atoms with E-state index in [2.05, 4.69) is 23.9 Å². The Morgan fingerprint density at radius 3 is 2.43 bits per heavy atom. The van der Waals surface area contributed by atoms with E-state index in [1.54, 1.807) is 0 Å². The zero-order valence-electron chi connectivity index (χ0n) is 18.3. The minimum atomic E-state index is -0.117. The van der Waals surface area contributed by atoms with Crippen molar-refractivity contribution in [3.8, 4) is 0 Å². The molecule has 2 aliphatic heterocycles. The van der Waals surface area contributed by atoms with E-state index in [0.29, 0.717) is 11.8 Å². The summed E-state index contributed by atoms with van der Waals surface area (Å²) >= 11 is 0. The summed E-state index contributed by atoms with van der Waals surface area (Å²) in [6.45, 7) is 6.80. The molecule has 30 heavy (non-hydrogen) atoms. The highest BCUT2D eigenvalue weighted by atomic mass is 16.6. The molecule has 0 spiro atoms. The van der Waals surface area contributed by atoms with Gasteiger partial charge in [0.2, 0.25) is 0 Å². The van der Waals surface area contributed by atoms with Gasteiger partial charge < -0.3 is 19.7 Å². The van der Waals surface area contributed by atoms with E-state index in [9.17, 15) is 4.79 Å². The first kappa shape index (κ1) is 21.3. The number of anilines is 1. The summed E-state index contributed by atoms with van der Waals surface area (Å²) in [6, 6.07) is 8.74. The van der Waals surface area contributed by atoms with Crippen molar-refractivity contribution in [2.45, 2.75) is 64.5 Å². The van der Waals surface area contributed by atoms with Crippen molar-refractivity contribution in [1.29, 1.82) is 0 Å². The summed E-state index contributed by atoms with van der Waals surface area (Å²) in [7, 11) is 0. The normalized spacial score (nSPS) is 27.1. The highest BCUT2D eigenvalue weighted by Crippen LogP contribution is 2.36. The lowest BCUT2D eigenvalue weighted by molar-refractivity contribution is -0.113. The molecule has 0 atom stereocenters. The SMILES string of the molecule is CC(C)[C@H]1CC[C@@H](N2CCC(N3C(=O)/C(=N\OCCO)c4ccccc43)CC2)CC1. The number of carbonyl (C=O) groups is 1. The van der Waals surface area contributed by atoms with Crippen LogP contribution in [0.5, 0.6) is 0 Å². The van der Waals surface area contributed by atoms with Gasteiger partial charge in [-0.3, -0.25) is 4.79 Å². The van der Waals surface area contributed by atoms with Crippen molar-refractivity contribution in [3.63, 3.8) is 0 Å². The standard InChI is InChI=1S/C24H35N3O3/c1-17(2)18-7-9-19(10-8-18)26-13-11-20(12-14-26)27-22-6-4-3-5-21(22)23(24(27)29)25-30-16-15-28/h3-6,17-20,28H,7-16H2,1-2H3/b25-23-/t18-,19+. The Morgan fingerprint density at radius 1 is 1.07 bits per heavy atom. The Morgan fingerprint density at radius 2 is 1.77 bits per heavy atom. The molecular weight excluding hydrogens is 378 g/mol. The Hall–Kier alpha value is -1.92. The highest BCUT2D eigenvalue weighted by molar-refractivity contribution is 6.54. The molecule has 1 aromatic rings. The lowest BCUT2D eigenvalue weighted by Gasteiger charge is -2.43. The van der Waals surface area contributed by atoms with Gasteiger partial charge in [-0.05, 0) is 56.4 Å². The Labute approximate surface area is 179 Å². The summed E-state index contributed by atoms with van der Waals surface area (Å²) in [5.41, 5.74) is 2.12. The molecule has 6 nitrogen and oxygen atoms in total. The zero-order chi connectivity index (χ0) is 21.1. The average molecular weight is 414 g/mol. The van der Waals surface area contributed by atoms with E-state index in [1.165, 1.54) is 25.7 Å². The average Bonchev–Trinajstić information content (AvgIpc) is 3.05. The van der Waals surface area contributed by atoms with Gasteiger partial charge in [-0.1, -0.05) is 37.2 Å². The van der Waals surface area contributed by atoms with Crippen LogP contribution in [0.4, 0.5) is 5.69 Å². The third-order valence-electron chi connectivity index (χ3n) is 7.24. The van der Waals surface area contributed by atoms with Gasteiger partial charge in [0.1, 0.15) is 6.61 Å². The van der Waals surface area contributed by atoms with E-state index in [-0.39, 0.29) is 25.2 Å². The van der Waals surface area contributed by atoms with Gasteiger partial charge in [-0.2, -0.15) is 0 Å². The molecule has 1 amide bonds. The van der Waals surface area contributed by atoms with Crippen LogP contribution in [0.1, 0.15) is 57.9 Å².